The van der Waals surface area contributed by atoms with Crippen LogP contribution < -0.4 is 19.5 Å². The summed E-state index contributed by atoms with van der Waals surface area (Å²) in [7, 11) is -2.17. The second-order valence-corrected chi connectivity index (χ2v) is 9.59. The van der Waals surface area contributed by atoms with E-state index in [0.717, 1.165) is 18.9 Å². The molecule has 2 rings (SSSR count). The van der Waals surface area contributed by atoms with Crippen LogP contribution in [0.4, 0.5) is 10.5 Å². The highest BCUT2D eigenvalue weighted by Crippen LogP contribution is 2.32. The van der Waals surface area contributed by atoms with E-state index in [2.05, 4.69) is 10.3 Å². The lowest BCUT2D eigenvalue weighted by Gasteiger charge is -2.13. The molecule has 0 saturated heterocycles. The molecule has 36 heavy (non-hydrogen) atoms. The van der Waals surface area contributed by atoms with Crippen LogP contribution in [0.3, 0.4) is 0 Å². The minimum atomic E-state index is -3.73. The topological polar surface area (TPSA) is 153 Å². The van der Waals surface area contributed by atoms with Crippen LogP contribution >= 0.6 is 0 Å². The number of nitrogens with one attached hydrogen (secondary N) is 2. The van der Waals surface area contributed by atoms with Gasteiger partial charge in [-0.25, -0.2) is 22.9 Å². The van der Waals surface area contributed by atoms with Crippen LogP contribution in [0.5, 0.6) is 17.4 Å². The molecule has 0 aliphatic rings. The average Bonchev–Trinajstić information content (AvgIpc) is 2.80. The van der Waals surface area contributed by atoms with Crippen molar-refractivity contribution < 1.29 is 37.3 Å². The third kappa shape index (κ3) is 9.92. The van der Waals surface area contributed by atoms with Crippen LogP contribution in [-0.2, 0) is 19.6 Å². The number of carbonyl (C=O) groups excluding carboxylic acids is 1. The molecular formula is C24H31N3O8S. The number of anilines is 1. The number of pyridine rings is 1. The minimum Gasteiger partial charge on any atom is -0.491 e. The lowest BCUT2D eigenvalue weighted by Crippen LogP contribution is -2.31. The van der Waals surface area contributed by atoms with E-state index < -0.39 is 22.0 Å². The van der Waals surface area contributed by atoms with Gasteiger partial charge in [-0.05, 0) is 37.6 Å². The lowest BCUT2D eigenvalue weighted by molar-refractivity contribution is -0.114. The van der Waals surface area contributed by atoms with Crippen molar-refractivity contribution in [3.05, 3.63) is 47.7 Å². The van der Waals surface area contributed by atoms with Crippen molar-refractivity contribution in [1.29, 1.82) is 0 Å². The van der Waals surface area contributed by atoms with E-state index in [4.69, 9.17) is 19.3 Å². The van der Waals surface area contributed by atoms with E-state index in [0.29, 0.717) is 36.5 Å². The minimum absolute atomic E-state index is 0.125. The van der Waals surface area contributed by atoms with Crippen molar-refractivity contribution in [2.75, 3.05) is 31.4 Å². The number of methoxy groups -OCH3 is 1. The molecule has 1 aromatic carbocycles. The van der Waals surface area contributed by atoms with Gasteiger partial charge < -0.3 is 19.3 Å². The molecule has 0 radical (unpaired) electrons. The van der Waals surface area contributed by atoms with Gasteiger partial charge in [0.2, 0.25) is 15.9 Å². The molecule has 196 valence electrons. The fourth-order valence-electron chi connectivity index (χ4n) is 2.98. The highest BCUT2D eigenvalue weighted by atomic mass is 32.2. The fourth-order valence-corrected chi connectivity index (χ4v) is 4.05. The standard InChI is InChI=1S/C24H31N3O8S/c1-4-5-6-13-36(31,32)27-22(28)10-8-18-7-9-20(34-12-11-33-3)15-21(18)35-23-17(2)14-19(16-25-23)26-24(29)30/h7-10,14-16,26H,4-6,11-13H2,1-3H3,(H,27,28)(H,29,30). The van der Waals surface area contributed by atoms with Crippen LogP contribution in [0.2, 0.25) is 0 Å². The summed E-state index contributed by atoms with van der Waals surface area (Å²) in [6.45, 7) is 4.33. The Morgan fingerprint density at radius 3 is 2.61 bits per heavy atom. The number of hydrogen-bond acceptors (Lipinski definition) is 8. The Balaban J connectivity index is 2.25. The fraction of sp³-hybridized carbons (Fsp3) is 0.375. The Kier molecular flexibility index (Phi) is 11.2. The molecule has 12 heteroatoms. The summed E-state index contributed by atoms with van der Waals surface area (Å²) in [4.78, 5) is 27.2. The van der Waals surface area contributed by atoms with Gasteiger partial charge in [0.1, 0.15) is 18.1 Å². The Morgan fingerprint density at radius 1 is 1.17 bits per heavy atom. The molecule has 0 fully saturated rings. The molecule has 0 aliphatic carbocycles. The van der Waals surface area contributed by atoms with E-state index in [1.807, 2.05) is 11.6 Å². The van der Waals surface area contributed by atoms with Gasteiger partial charge in [0, 0.05) is 30.4 Å². The number of hydrogen-bond donors (Lipinski definition) is 3. The van der Waals surface area contributed by atoms with Crippen LogP contribution in [0.1, 0.15) is 37.3 Å². The predicted molar refractivity (Wildman–Crippen MR) is 135 cm³/mol. The van der Waals surface area contributed by atoms with E-state index in [-0.39, 0.29) is 23.1 Å². The van der Waals surface area contributed by atoms with Crippen molar-refractivity contribution in [2.24, 2.45) is 0 Å². The Labute approximate surface area is 210 Å². The monoisotopic (exact) mass is 521 g/mol. The second kappa shape index (κ2) is 14.0. The van der Waals surface area contributed by atoms with Gasteiger partial charge in [-0.3, -0.25) is 10.1 Å². The lowest BCUT2D eigenvalue weighted by atomic mass is 10.1. The number of ether oxygens (including phenoxy) is 3. The maximum Gasteiger partial charge on any atom is 0.409 e. The zero-order valence-electron chi connectivity index (χ0n) is 20.4. The third-order valence-electron chi connectivity index (χ3n) is 4.72. The van der Waals surface area contributed by atoms with Crippen molar-refractivity contribution >= 4 is 33.8 Å². The summed E-state index contributed by atoms with van der Waals surface area (Å²) in [6, 6.07) is 6.47. The Morgan fingerprint density at radius 2 is 1.94 bits per heavy atom. The van der Waals surface area contributed by atoms with Gasteiger partial charge in [0.15, 0.2) is 0 Å². The van der Waals surface area contributed by atoms with Crippen molar-refractivity contribution in [3.63, 3.8) is 0 Å². The van der Waals surface area contributed by atoms with E-state index in [9.17, 15) is 18.0 Å². The molecule has 0 aliphatic heterocycles. The number of amides is 2. The molecule has 0 unspecified atom stereocenters. The van der Waals surface area contributed by atoms with E-state index >= 15 is 0 Å². The number of rotatable bonds is 14. The van der Waals surface area contributed by atoms with Gasteiger partial charge >= 0.3 is 6.09 Å². The summed E-state index contributed by atoms with van der Waals surface area (Å²) in [5, 5.41) is 11.1. The number of benzene rings is 1. The van der Waals surface area contributed by atoms with Crippen LogP contribution in [0.25, 0.3) is 6.08 Å². The second-order valence-electron chi connectivity index (χ2n) is 7.74. The first kappa shape index (κ1) is 28.6. The summed E-state index contributed by atoms with van der Waals surface area (Å²) in [5.41, 5.74) is 1.29. The highest BCUT2D eigenvalue weighted by molar-refractivity contribution is 7.90. The molecule has 0 spiro atoms. The van der Waals surface area contributed by atoms with Gasteiger partial charge in [-0.2, -0.15) is 0 Å². The van der Waals surface area contributed by atoms with Crippen molar-refractivity contribution in [3.8, 4) is 17.4 Å². The number of aryl methyl sites for hydroxylation is 1. The molecule has 11 nitrogen and oxygen atoms in total. The zero-order chi connectivity index (χ0) is 26.6. The first-order valence-electron chi connectivity index (χ1n) is 11.3. The largest absolute Gasteiger partial charge is 0.491 e. The van der Waals surface area contributed by atoms with Crippen LogP contribution in [0.15, 0.2) is 36.5 Å². The maximum atomic E-state index is 12.2. The highest BCUT2D eigenvalue weighted by Gasteiger charge is 2.14. The first-order chi connectivity index (χ1) is 17.1. The molecule has 3 N–H and O–H groups in total. The summed E-state index contributed by atoms with van der Waals surface area (Å²) >= 11 is 0. The van der Waals surface area contributed by atoms with Crippen LogP contribution in [0, 0.1) is 6.92 Å². The number of unbranched alkanes of at least 4 members (excludes halogenated alkanes) is 2. The SMILES string of the molecule is CCCCCS(=O)(=O)NC(=O)C=Cc1ccc(OCCOC)cc1Oc1ncc(NC(=O)O)cc1C. The molecule has 1 heterocycles. The number of carboxylic acid groups (broad SMARTS) is 1. The Hall–Kier alpha value is -3.64. The van der Waals surface area contributed by atoms with Crippen LogP contribution in [-0.4, -0.2) is 56.6 Å². The molecule has 0 bridgehead atoms. The molecule has 0 saturated carbocycles. The number of carbonyl (C=O) groups is 2. The molecule has 2 amide bonds. The number of sulfonamides is 1. The quantitative estimate of drug-likeness (QED) is 0.248. The molecule has 0 atom stereocenters. The van der Waals surface area contributed by atoms with E-state index in [1.165, 1.54) is 12.3 Å². The first-order valence-corrected chi connectivity index (χ1v) is 12.9. The predicted octanol–water partition coefficient (Wildman–Crippen LogP) is 3.95. The summed E-state index contributed by atoms with van der Waals surface area (Å²) in [5.74, 6) is 0.0621. The third-order valence-corrected chi connectivity index (χ3v) is 6.05. The summed E-state index contributed by atoms with van der Waals surface area (Å²) in [6.07, 6.45) is 4.70. The number of aromatic nitrogens is 1. The van der Waals surface area contributed by atoms with Gasteiger partial charge in [0.05, 0.1) is 24.2 Å². The van der Waals surface area contributed by atoms with Gasteiger partial charge in [0.25, 0.3) is 5.91 Å². The molecule has 1 aromatic heterocycles. The number of nitrogens with zero attached hydrogens (tertiary/aromatic N) is 1. The van der Waals surface area contributed by atoms with Gasteiger partial charge in [-0.15, -0.1) is 0 Å². The average molecular weight is 522 g/mol. The molecule has 2 aromatic rings. The van der Waals surface area contributed by atoms with Crippen molar-refractivity contribution in [2.45, 2.75) is 33.1 Å². The smallest absolute Gasteiger partial charge is 0.409 e. The molecular weight excluding hydrogens is 490 g/mol. The van der Waals surface area contributed by atoms with E-state index in [1.54, 1.807) is 38.3 Å². The van der Waals surface area contributed by atoms with Gasteiger partial charge in [-0.1, -0.05) is 19.8 Å². The van der Waals surface area contributed by atoms with Crippen molar-refractivity contribution in [1.82, 2.24) is 9.71 Å². The maximum absolute atomic E-state index is 12.2. The zero-order valence-corrected chi connectivity index (χ0v) is 21.3. The summed E-state index contributed by atoms with van der Waals surface area (Å²) < 4.78 is 42.7. The Bertz CT molecular complexity index is 1180. The normalized spacial score (nSPS) is 11.3.